The van der Waals surface area contributed by atoms with E-state index in [9.17, 15) is 9.90 Å². The van der Waals surface area contributed by atoms with Gasteiger partial charge in [-0.1, -0.05) is 67.6 Å². The van der Waals surface area contributed by atoms with Crippen molar-refractivity contribution in [2.24, 2.45) is 0 Å². The fraction of sp³-hybridized carbons (Fsp3) is 0.265. The van der Waals surface area contributed by atoms with Crippen molar-refractivity contribution in [3.05, 3.63) is 123 Å². The Morgan fingerprint density at radius 3 is 2.00 bits per heavy atom. The average Bonchev–Trinajstić information content (AvgIpc) is 3.12. The number of rotatable bonds is 8. The summed E-state index contributed by atoms with van der Waals surface area (Å²) in [6.07, 6.45) is -0.433. The van der Waals surface area contributed by atoms with Crippen LogP contribution in [-0.2, 0) is 11.3 Å². The molecule has 0 unspecified atom stereocenters. The van der Waals surface area contributed by atoms with E-state index in [4.69, 9.17) is 18.9 Å². The average molecular weight is 539 g/mol. The zero-order valence-corrected chi connectivity index (χ0v) is 23.4. The summed E-state index contributed by atoms with van der Waals surface area (Å²) in [5.74, 6) is 1.64. The van der Waals surface area contributed by atoms with Crippen LogP contribution in [0, 0.1) is 0 Å². The van der Waals surface area contributed by atoms with Gasteiger partial charge in [0.2, 0.25) is 0 Å². The molecular weight excluding hydrogens is 504 g/mol. The molecule has 40 heavy (non-hydrogen) atoms. The molecule has 0 saturated carbocycles. The van der Waals surface area contributed by atoms with E-state index >= 15 is 0 Å². The minimum absolute atomic E-state index is 0.0321. The molecule has 0 spiro atoms. The number of carbonyl (C=O) groups is 1. The minimum atomic E-state index is -0.433. The first-order valence-corrected chi connectivity index (χ1v) is 13.3. The smallest absolute Gasteiger partial charge is 0.193 e. The monoisotopic (exact) mass is 538 g/mol. The third-order valence-electron chi connectivity index (χ3n) is 7.88. The van der Waals surface area contributed by atoms with E-state index in [0.29, 0.717) is 28.4 Å². The summed E-state index contributed by atoms with van der Waals surface area (Å²) >= 11 is 0. The van der Waals surface area contributed by atoms with Crippen molar-refractivity contribution >= 4 is 5.78 Å². The third kappa shape index (κ3) is 4.74. The standard InChI is InChI=1S/C34H34O6/c1-20-26-17-25(37-2)18-29(39-4)32(26)31(34(40-5)27-15-21(19-35)16-28(38-3)30(20)27)22-11-13-24(14-12-22)33(36)23-9-7-6-8-10-23/h6-18,20,31,34-35H,19H2,1-5H3/t20-,31+,34-/m0/s1. The number of hydrogen-bond donors (Lipinski definition) is 1. The molecule has 1 aliphatic carbocycles. The lowest BCUT2D eigenvalue weighted by atomic mass is 9.81. The molecule has 5 rings (SSSR count). The van der Waals surface area contributed by atoms with Crippen molar-refractivity contribution in [3.8, 4) is 17.2 Å². The van der Waals surface area contributed by atoms with Crippen LogP contribution in [0.5, 0.6) is 17.2 Å². The number of fused-ring (bicyclic) bond motifs is 2. The molecule has 3 atom stereocenters. The number of methoxy groups -OCH3 is 4. The van der Waals surface area contributed by atoms with E-state index in [0.717, 1.165) is 33.4 Å². The Balaban J connectivity index is 1.75. The zero-order chi connectivity index (χ0) is 28.4. The van der Waals surface area contributed by atoms with E-state index < -0.39 is 6.10 Å². The molecule has 4 aromatic rings. The van der Waals surface area contributed by atoms with Gasteiger partial charge in [0, 0.05) is 47.3 Å². The number of aliphatic hydroxyl groups is 1. The van der Waals surface area contributed by atoms with Gasteiger partial charge in [-0.3, -0.25) is 4.79 Å². The van der Waals surface area contributed by atoms with Gasteiger partial charge in [0.25, 0.3) is 0 Å². The second-order valence-electron chi connectivity index (χ2n) is 9.96. The Labute approximate surface area is 235 Å². The third-order valence-corrected chi connectivity index (χ3v) is 7.88. The predicted octanol–water partition coefficient (Wildman–Crippen LogP) is 6.42. The molecule has 6 nitrogen and oxygen atoms in total. The molecule has 0 aliphatic heterocycles. The molecule has 0 bridgehead atoms. The number of carbonyl (C=O) groups excluding carboxylic acids is 1. The van der Waals surface area contributed by atoms with Gasteiger partial charge in [-0.25, -0.2) is 0 Å². The van der Waals surface area contributed by atoms with Gasteiger partial charge >= 0.3 is 0 Å². The van der Waals surface area contributed by atoms with E-state index in [2.05, 4.69) is 6.92 Å². The molecule has 0 fully saturated rings. The summed E-state index contributed by atoms with van der Waals surface area (Å²) in [5.41, 5.74) is 6.89. The Hall–Kier alpha value is -4.13. The first-order valence-electron chi connectivity index (χ1n) is 13.3. The van der Waals surface area contributed by atoms with Crippen LogP contribution in [0.4, 0.5) is 0 Å². The quantitative estimate of drug-likeness (QED) is 0.261. The largest absolute Gasteiger partial charge is 0.497 e. The highest BCUT2D eigenvalue weighted by atomic mass is 16.5. The van der Waals surface area contributed by atoms with Crippen molar-refractivity contribution in [1.82, 2.24) is 0 Å². The summed E-state index contributed by atoms with van der Waals surface area (Å²) in [6.45, 7) is 2.01. The van der Waals surface area contributed by atoms with Gasteiger partial charge in [-0.2, -0.15) is 0 Å². The van der Waals surface area contributed by atoms with Gasteiger partial charge in [0.15, 0.2) is 5.78 Å². The molecule has 4 aromatic carbocycles. The van der Waals surface area contributed by atoms with Crippen LogP contribution in [0.2, 0.25) is 0 Å². The summed E-state index contributed by atoms with van der Waals surface area (Å²) in [5, 5.41) is 10.1. The number of ether oxygens (including phenoxy) is 4. The van der Waals surface area contributed by atoms with Gasteiger partial charge < -0.3 is 24.1 Å². The Bertz CT molecular complexity index is 1510. The first-order chi connectivity index (χ1) is 19.4. The Morgan fingerprint density at radius 1 is 0.750 bits per heavy atom. The molecule has 0 amide bonds. The molecule has 1 aliphatic rings. The SMILES string of the molecule is COc1cc(OC)c2c(c1)[C@H](C)c1c(OC)cc(CO)cc1[C@H](OC)[C@@H]2c1ccc(C(=O)c2ccccc2)cc1. The van der Waals surface area contributed by atoms with Gasteiger partial charge in [0.05, 0.1) is 34.0 Å². The lowest BCUT2D eigenvalue weighted by molar-refractivity contribution is 0.0881. The molecule has 0 aromatic heterocycles. The zero-order valence-electron chi connectivity index (χ0n) is 23.4. The van der Waals surface area contributed by atoms with Crippen molar-refractivity contribution in [1.29, 1.82) is 0 Å². The van der Waals surface area contributed by atoms with E-state index in [1.165, 1.54) is 0 Å². The number of aliphatic hydroxyl groups excluding tert-OH is 1. The van der Waals surface area contributed by atoms with Crippen LogP contribution < -0.4 is 14.2 Å². The normalized spacial score (nSPS) is 17.8. The highest BCUT2D eigenvalue weighted by Crippen LogP contribution is 2.54. The summed E-state index contributed by atoms with van der Waals surface area (Å²) in [6, 6.07) is 24.8. The molecule has 206 valence electrons. The maximum absolute atomic E-state index is 13.1. The van der Waals surface area contributed by atoms with Gasteiger partial charge in [0.1, 0.15) is 17.2 Å². The topological polar surface area (TPSA) is 74.2 Å². The highest BCUT2D eigenvalue weighted by molar-refractivity contribution is 6.08. The molecule has 0 heterocycles. The second-order valence-corrected chi connectivity index (χ2v) is 9.96. The van der Waals surface area contributed by atoms with Crippen molar-refractivity contribution in [2.75, 3.05) is 28.4 Å². The van der Waals surface area contributed by atoms with Crippen LogP contribution in [0.15, 0.2) is 78.9 Å². The molecule has 1 N–H and O–H groups in total. The van der Waals surface area contributed by atoms with Crippen LogP contribution in [0.3, 0.4) is 0 Å². The lowest BCUT2D eigenvalue weighted by Crippen LogP contribution is -2.17. The van der Waals surface area contributed by atoms with E-state index in [1.54, 1.807) is 28.4 Å². The maximum atomic E-state index is 13.1. The number of hydrogen-bond acceptors (Lipinski definition) is 6. The summed E-state index contributed by atoms with van der Waals surface area (Å²) < 4.78 is 23.8. The Morgan fingerprint density at radius 2 is 1.40 bits per heavy atom. The van der Waals surface area contributed by atoms with Crippen LogP contribution in [0.25, 0.3) is 0 Å². The van der Waals surface area contributed by atoms with Crippen LogP contribution in [-0.4, -0.2) is 39.3 Å². The number of benzene rings is 4. The molecular formula is C34H34O6. The second kappa shape index (κ2) is 11.5. The van der Waals surface area contributed by atoms with Crippen molar-refractivity contribution in [2.45, 2.75) is 31.5 Å². The summed E-state index contributed by atoms with van der Waals surface area (Å²) in [7, 11) is 6.63. The molecule has 0 radical (unpaired) electrons. The molecule has 0 saturated heterocycles. The fourth-order valence-electron chi connectivity index (χ4n) is 5.96. The highest BCUT2D eigenvalue weighted by Gasteiger charge is 2.39. The Kier molecular flexibility index (Phi) is 7.92. The van der Waals surface area contributed by atoms with Crippen molar-refractivity contribution < 1.29 is 28.8 Å². The van der Waals surface area contributed by atoms with Gasteiger partial charge in [-0.15, -0.1) is 0 Å². The van der Waals surface area contributed by atoms with Crippen LogP contribution in [0.1, 0.15) is 74.2 Å². The van der Waals surface area contributed by atoms with Crippen molar-refractivity contribution in [3.63, 3.8) is 0 Å². The first kappa shape index (κ1) is 27.4. The van der Waals surface area contributed by atoms with E-state index in [1.807, 2.05) is 78.9 Å². The number of ketones is 1. The maximum Gasteiger partial charge on any atom is 0.193 e. The molecule has 6 heteroatoms. The summed E-state index contributed by atoms with van der Waals surface area (Å²) in [4.78, 5) is 13.1. The van der Waals surface area contributed by atoms with Gasteiger partial charge in [-0.05, 0) is 34.4 Å². The lowest BCUT2D eigenvalue weighted by Gasteiger charge is -2.29. The fourth-order valence-corrected chi connectivity index (χ4v) is 5.96. The predicted molar refractivity (Wildman–Crippen MR) is 154 cm³/mol. The van der Waals surface area contributed by atoms with E-state index in [-0.39, 0.29) is 24.2 Å². The van der Waals surface area contributed by atoms with Crippen LogP contribution >= 0.6 is 0 Å². The minimum Gasteiger partial charge on any atom is -0.497 e.